The molecule has 2 bridgehead atoms. The summed E-state index contributed by atoms with van der Waals surface area (Å²) in [6.45, 7) is 7.95. The highest BCUT2D eigenvalue weighted by Crippen LogP contribution is 2.43. The van der Waals surface area contributed by atoms with E-state index in [-0.39, 0.29) is 0 Å². The smallest absolute Gasteiger partial charge is 0.105 e. The molecule has 3 unspecified atom stereocenters. The van der Waals surface area contributed by atoms with Gasteiger partial charge in [0.1, 0.15) is 5.60 Å². The molecule has 3 nitrogen and oxygen atoms in total. The van der Waals surface area contributed by atoms with Gasteiger partial charge in [-0.05, 0) is 62.2 Å². The lowest BCUT2D eigenvalue weighted by molar-refractivity contribution is 0.0381. The number of aryl methyl sites for hydroxylation is 1. The number of aromatic nitrogens is 1. The Hall–Kier alpha value is -1.81. The SMILES string of the molecule is Cc1ccc2c(c1)c1c(n2CC(C)(O)c2ccc(Cl)cc2)CN2CCC1C2. The van der Waals surface area contributed by atoms with Crippen LogP contribution >= 0.6 is 11.6 Å². The third-order valence-electron chi connectivity index (χ3n) is 6.36. The molecule has 1 N–H and O–H groups in total. The average molecular weight is 381 g/mol. The number of nitrogens with zero attached hydrogens (tertiary/aromatic N) is 2. The molecular formula is C23H25ClN2O. The molecule has 0 spiro atoms. The summed E-state index contributed by atoms with van der Waals surface area (Å²) in [5, 5.41) is 13.4. The van der Waals surface area contributed by atoms with Gasteiger partial charge < -0.3 is 9.67 Å². The fourth-order valence-electron chi connectivity index (χ4n) is 4.99. The van der Waals surface area contributed by atoms with Crippen molar-refractivity contribution in [3.63, 3.8) is 0 Å². The van der Waals surface area contributed by atoms with Gasteiger partial charge in [-0.15, -0.1) is 0 Å². The third-order valence-corrected chi connectivity index (χ3v) is 6.61. The molecule has 0 saturated carbocycles. The molecule has 3 aromatic rings. The van der Waals surface area contributed by atoms with Crippen LogP contribution in [-0.2, 0) is 18.7 Å². The highest BCUT2D eigenvalue weighted by atomic mass is 35.5. The van der Waals surface area contributed by atoms with Gasteiger partial charge in [-0.1, -0.05) is 35.4 Å². The molecule has 3 atom stereocenters. The van der Waals surface area contributed by atoms with Gasteiger partial charge in [-0.2, -0.15) is 0 Å². The van der Waals surface area contributed by atoms with E-state index in [1.807, 2.05) is 31.2 Å². The number of fused-ring (bicyclic) bond motifs is 6. The van der Waals surface area contributed by atoms with E-state index in [0.717, 1.165) is 12.1 Å². The lowest BCUT2D eigenvalue weighted by atomic mass is 9.93. The summed E-state index contributed by atoms with van der Waals surface area (Å²) in [7, 11) is 0. The van der Waals surface area contributed by atoms with E-state index in [9.17, 15) is 5.11 Å². The van der Waals surface area contributed by atoms with Crippen molar-refractivity contribution in [1.29, 1.82) is 0 Å². The molecule has 0 amide bonds. The fraction of sp³-hybridized carbons (Fsp3) is 0.391. The summed E-state index contributed by atoms with van der Waals surface area (Å²) < 4.78 is 2.36. The molecule has 4 heteroatoms. The van der Waals surface area contributed by atoms with Crippen LogP contribution in [0.3, 0.4) is 0 Å². The van der Waals surface area contributed by atoms with Gasteiger partial charge in [0.15, 0.2) is 0 Å². The van der Waals surface area contributed by atoms with Crippen LogP contribution in [0.15, 0.2) is 42.5 Å². The molecule has 3 heterocycles. The van der Waals surface area contributed by atoms with Crippen LogP contribution < -0.4 is 0 Å². The van der Waals surface area contributed by atoms with Gasteiger partial charge in [0, 0.05) is 40.6 Å². The number of benzene rings is 2. The van der Waals surface area contributed by atoms with Crippen LogP contribution in [0.25, 0.3) is 10.9 Å². The molecule has 2 aliphatic rings. The maximum atomic E-state index is 11.3. The molecule has 0 aliphatic carbocycles. The lowest BCUT2D eigenvalue weighted by Crippen LogP contribution is -2.31. The van der Waals surface area contributed by atoms with Crippen LogP contribution in [0, 0.1) is 6.92 Å². The molecule has 140 valence electrons. The van der Waals surface area contributed by atoms with E-state index in [2.05, 4.69) is 34.6 Å². The second-order valence-electron chi connectivity index (χ2n) is 8.47. The zero-order valence-corrected chi connectivity index (χ0v) is 16.6. The summed E-state index contributed by atoms with van der Waals surface area (Å²) in [5.74, 6) is 0.625. The Kier molecular flexibility index (Phi) is 3.91. The average Bonchev–Trinajstić information content (AvgIpc) is 3.14. The summed E-state index contributed by atoms with van der Waals surface area (Å²) in [4.78, 5) is 2.55. The topological polar surface area (TPSA) is 28.4 Å². The monoisotopic (exact) mass is 380 g/mol. The predicted octanol–water partition coefficient (Wildman–Crippen LogP) is 4.81. The highest BCUT2D eigenvalue weighted by Gasteiger charge is 2.37. The Morgan fingerprint density at radius 3 is 2.74 bits per heavy atom. The van der Waals surface area contributed by atoms with Crippen molar-refractivity contribution >= 4 is 22.5 Å². The zero-order chi connectivity index (χ0) is 18.8. The van der Waals surface area contributed by atoms with Crippen molar-refractivity contribution in [2.24, 2.45) is 0 Å². The second kappa shape index (κ2) is 6.10. The van der Waals surface area contributed by atoms with E-state index >= 15 is 0 Å². The van der Waals surface area contributed by atoms with Crippen molar-refractivity contribution in [2.45, 2.75) is 44.9 Å². The summed E-state index contributed by atoms with van der Waals surface area (Å²) in [6, 6.07) is 14.3. The minimum atomic E-state index is -0.957. The molecule has 0 radical (unpaired) electrons. The predicted molar refractivity (Wildman–Crippen MR) is 110 cm³/mol. The van der Waals surface area contributed by atoms with E-state index in [0.29, 0.717) is 17.5 Å². The molecule has 2 aliphatic heterocycles. The number of hydrogen-bond acceptors (Lipinski definition) is 2. The maximum Gasteiger partial charge on any atom is 0.105 e. The molecule has 1 fully saturated rings. The Morgan fingerprint density at radius 2 is 1.96 bits per heavy atom. The third kappa shape index (κ3) is 2.80. The van der Waals surface area contributed by atoms with Gasteiger partial charge in [-0.3, -0.25) is 4.90 Å². The van der Waals surface area contributed by atoms with Crippen LogP contribution in [0.1, 0.15) is 41.6 Å². The number of aliphatic hydroxyl groups is 1. The molecule has 1 aromatic heterocycles. The molecule has 2 aromatic carbocycles. The Morgan fingerprint density at radius 1 is 1.19 bits per heavy atom. The Labute approximate surface area is 165 Å². The first kappa shape index (κ1) is 17.3. The number of halogens is 1. The van der Waals surface area contributed by atoms with Gasteiger partial charge in [0.2, 0.25) is 0 Å². The van der Waals surface area contributed by atoms with Gasteiger partial charge in [-0.25, -0.2) is 0 Å². The van der Waals surface area contributed by atoms with E-state index in [1.165, 1.54) is 47.2 Å². The van der Waals surface area contributed by atoms with Crippen LogP contribution in [0.5, 0.6) is 0 Å². The second-order valence-corrected chi connectivity index (χ2v) is 8.91. The first-order chi connectivity index (χ1) is 12.9. The molecule has 1 saturated heterocycles. The Bertz CT molecular complexity index is 1020. The van der Waals surface area contributed by atoms with Gasteiger partial charge in [0.25, 0.3) is 0 Å². The van der Waals surface area contributed by atoms with Crippen molar-refractivity contribution < 1.29 is 5.11 Å². The fourth-order valence-corrected chi connectivity index (χ4v) is 5.11. The summed E-state index contributed by atoms with van der Waals surface area (Å²) in [6.07, 6.45) is 1.24. The minimum absolute atomic E-state index is 0.546. The summed E-state index contributed by atoms with van der Waals surface area (Å²) >= 11 is 6.04. The summed E-state index contributed by atoms with van der Waals surface area (Å²) in [5.41, 5.74) is 5.39. The van der Waals surface area contributed by atoms with Crippen LogP contribution in [-0.4, -0.2) is 27.7 Å². The maximum absolute atomic E-state index is 11.3. The lowest BCUT2D eigenvalue weighted by Gasteiger charge is -2.29. The minimum Gasteiger partial charge on any atom is -0.384 e. The number of hydrogen-bond donors (Lipinski definition) is 1. The van der Waals surface area contributed by atoms with Crippen LogP contribution in [0.4, 0.5) is 0 Å². The first-order valence-electron chi connectivity index (χ1n) is 9.75. The normalized spacial score (nSPS) is 23.4. The van der Waals surface area contributed by atoms with Crippen molar-refractivity contribution in [1.82, 2.24) is 9.47 Å². The van der Waals surface area contributed by atoms with E-state index < -0.39 is 5.60 Å². The van der Waals surface area contributed by atoms with Crippen LogP contribution in [0.2, 0.25) is 5.02 Å². The van der Waals surface area contributed by atoms with Crippen molar-refractivity contribution in [3.8, 4) is 0 Å². The molecule has 27 heavy (non-hydrogen) atoms. The van der Waals surface area contributed by atoms with Gasteiger partial charge >= 0.3 is 0 Å². The van der Waals surface area contributed by atoms with Gasteiger partial charge in [0.05, 0.1) is 6.54 Å². The van der Waals surface area contributed by atoms with Crippen molar-refractivity contribution in [2.75, 3.05) is 13.1 Å². The standard InChI is InChI=1S/C23H25ClN2O/c1-15-3-8-20-19(11-15)22-16-9-10-25(12-16)13-21(22)26(20)14-23(2,27)17-4-6-18(24)7-5-17/h3-8,11,16,27H,9-10,12-14H2,1-2H3. The van der Waals surface area contributed by atoms with E-state index in [1.54, 1.807) is 0 Å². The first-order valence-corrected chi connectivity index (χ1v) is 10.1. The number of rotatable bonds is 3. The quantitative estimate of drug-likeness (QED) is 0.706. The van der Waals surface area contributed by atoms with Crippen molar-refractivity contribution in [3.05, 3.63) is 69.9 Å². The molecular weight excluding hydrogens is 356 g/mol. The largest absolute Gasteiger partial charge is 0.384 e. The molecule has 5 rings (SSSR count). The highest BCUT2D eigenvalue weighted by molar-refractivity contribution is 6.30. The van der Waals surface area contributed by atoms with E-state index in [4.69, 9.17) is 11.6 Å². The zero-order valence-electron chi connectivity index (χ0n) is 15.9. The Balaban J connectivity index is 1.65.